The summed E-state index contributed by atoms with van der Waals surface area (Å²) in [6, 6.07) is 0. The summed E-state index contributed by atoms with van der Waals surface area (Å²) in [6.07, 6.45) is 61.2. The van der Waals surface area contributed by atoms with Crippen molar-refractivity contribution in [2.75, 3.05) is 13.2 Å². The van der Waals surface area contributed by atoms with E-state index in [0.717, 1.165) is 69.6 Å². The monoisotopic (exact) mass is 975 g/mol. The molecule has 0 heterocycles. The number of carbonyl (C=O) groups is 3. The molecule has 6 nitrogen and oxygen atoms in total. The number of carbonyl (C=O) groups excluding carboxylic acids is 3. The fourth-order valence-electron chi connectivity index (χ4n) is 9.69. The second kappa shape index (κ2) is 55.7. The smallest absolute Gasteiger partial charge is 0.306 e. The molecule has 0 N–H and O–H groups in total. The standard InChI is InChI=1S/C63H122O6/c1-6-9-10-11-36-43-48-53-61(64)67-56-60(69-63(66)55-50-45-40-35-31-27-23-19-15-13-17-21-25-29-33-38-42-47-52-59(5)8-3)57-68-62(65)54-49-44-39-34-30-26-22-18-14-12-16-20-24-28-32-37-41-46-51-58(4)7-2/h58-60H,6-57H2,1-5H3/t58?,59?,60-/m0/s1. The molecule has 0 aliphatic carbocycles. The summed E-state index contributed by atoms with van der Waals surface area (Å²) in [6.45, 7) is 11.5. The van der Waals surface area contributed by atoms with Gasteiger partial charge < -0.3 is 14.2 Å². The lowest BCUT2D eigenvalue weighted by Gasteiger charge is -2.18. The van der Waals surface area contributed by atoms with Gasteiger partial charge in [0.2, 0.25) is 0 Å². The lowest BCUT2D eigenvalue weighted by molar-refractivity contribution is -0.167. The van der Waals surface area contributed by atoms with Gasteiger partial charge in [-0.25, -0.2) is 0 Å². The Morgan fingerprint density at radius 1 is 0.290 bits per heavy atom. The van der Waals surface area contributed by atoms with Crippen LogP contribution in [0.1, 0.15) is 356 Å². The van der Waals surface area contributed by atoms with Crippen LogP contribution in [0.5, 0.6) is 0 Å². The fraction of sp³-hybridized carbons (Fsp3) is 0.952. The molecule has 6 heteroatoms. The predicted octanol–water partition coefficient (Wildman–Crippen LogP) is 20.8. The van der Waals surface area contributed by atoms with Gasteiger partial charge in [0.1, 0.15) is 13.2 Å². The molecule has 0 aromatic rings. The fourth-order valence-corrected chi connectivity index (χ4v) is 9.69. The number of ether oxygens (including phenoxy) is 3. The Bertz CT molecular complexity index is 1060. The lowest BCUT2D eigenvalue weighted by atomic mass is 9.99. The zero-order valence-electron chi connectivity index (χ0n) is 47.5. The summed E-state index contributed by atoms with van der Waals surface area (Å²) in [5.41, 5.74) is 0. The molecule has 0 aromatic heterocycles. The van der Waals surface area contributed by atoms with E-state index in [9.17, 15) is 14.4 Å². The van der Waals surface area contributed by atoms with E-state index < -0.39 is 6.10 Å². The quantitative estimate of drug-likeness (QED) is 0.0343. The van der Waals surface area contributed by atoms with E-state index in [2.05, 4.69) is 34.6 Å². The van der Waals surface area contributed by atoms with E-state index in [1.165, 1.54) is 244 Å². The van der Waals surface area contributed by atoms with Crippen LogP contribution in [0.3, 0.4) is 0 Å². The van der Waals surface area contributed by atoms with Crippen LogP contribution in [0.25, 0.3) is 0 Å². The van der Waals surface area contributed by atoms with Crippen molar-refractivity contribution < 1.29 is 28.6 Å². The largest absolute Gasteiger partial charge is 0.462 e. The first-order chi connectivity index (χ1) is 33.8. The molecule has 0 bridgehead atoms. The third-order valence-corrected chi connectivity index (χ3v) is 15.2. The minimum atomic E-state index is -0.762. The van der Waals surface area contributed by atoms with Crippen LogP contribution >= 0.6 is 0 Å². The summed E-state index contributed by atoms with van der Waals surface area (Å²) >= 11 is 0. The molecule has 0 fully saturated rings. The summed E-state index contributed by atoms with van der Waals surface area (Å²) < 4.78 is 16.8. The van der Waals surface area contributed by atoms with Crippen LogP contribution in [0.4, 0.5) is 0 Å². The molecule has 0 aliphatic heterocycles. The molecule has 3 atom stereocenters. The first-order valence-electron chi connectivity index (χ1n) is 31.3. The number of hydrogen-bond donors (Lipinski definition) is 0. The highest BCUT2D eigenvalue weighted by Gasteiger charge is 2.19. The SMILES string of the molecule is CCCCCCCCCC(=O)OC[C@@H](COC(=O)CCCCCCCCCCCCCCCCCCCCC(C)CC)OC(=O)CCCCCCCCCCCCCCCCCCCCC(C)CC. The molecule has 0 aliphatic rings. The average molecular weight is 976 g/mol. The maximum atomic E-state index is 12.8. The second-order valence-electron chi connectivity index (χ2n) is 22.2. The highest BCUT2D eigenvalue weighted by Crippen LogP contribution is 2.19. The molecule has 0 saturated carbocycles. The van der Waals surface area contributed by atoms with Crippen molar-refractivity contribution in [2.24, 2.45) is 11.8 Å². The van der Waals surface area contributed by atoms with Gasteiger partial charge in [-0.2, -0.15) is 0 Å². The Labute approximate surface area is 431 Å². The number of unbranched alkanes of at least 4 members (excludes halogenated alkanes) is 40. The third-order valence-electron chi connectivity index (χ3n) is 15.2. The van der Waals surface area contributed by atoms with Gasteiger partial charge in [-0.05, 0) is 31.1 Å². The zero-order valence-corrected chi connectivity index (χ0v) is 47.5. The minimum absolute atomic E-state index is 0.0626. The molecule has 0 radical (unpaired) electrons. The zero-order chi connectivity index (χ0) is 50.4. The summed E-state index contributed by atoms with van der Waals surface area (Å²) in [5, 5.41) is 0. The number of rotatable bonds is 57. The Kier molecular flexibility index (Phi) is 54.4. The van der Waals surface area contributed by atoms with Crippen molar-refractivity contribution >= 4 is 17.9 Å². The van der Waals surface area contributed by atoms with E-state index in [4.69, 9.17) is 14.2 Å². The molecular weight excluding hydrogens is 853 g/mol. The van der Waals surface area contributed by atoms with Crippen molar-refractivity contribution in [3.8, 4) is 0 Å². The molecule has 0 spiro atoms. The van der Waals surface area contributed by atoms with Gasteiger partial charge in [0.25, 0.3) is 0 Å². The van der Waals surface area contributed by atoms with E-state index in [1.807, 2.05) is 0 Å². The molecule has 69 heavy (non-hydrogen) atoms. The third kappa shape index (κ3) is 54.0. The molecule has 2 unspecified atom stereocenters. The van der Waals surface area contributed by atoms with Crippen molar-refractivity contribution in [3.63, 3.8) is 0 Å². The van der Waals surface area contributed by atoms with Crippen molar-refractivity contribution in [2.45, 2.75) is 362 Å². The molecular formula is C63H122O6. The molecule has 0 saturated heterocycles. The lowest BCUT2D eigenvalue weighted by Crippen LogP contribution is -2.30. The maximum Gasteiger partial charge on any atom is 0.306 e. The first kappa shape index (κ1) is 67.4. The predicted molar refractivity (Wildman–Crippen MR) is 298 cm³/mol. The van der Waals surface area contributed by atoms with Crippen LogP contribution in [0.2, 0.25) is 0 Å². The Morgan fingerprint density at radius 3 is 0.754 bits per heavy atom. The van der Waals surface area contributed by atoms with E-state index in [-0.39, 0.29) is 31.1 Å². The number of esters is 3. The van der Waals surface area contributed by atoms with Crippen LogP contribution < -0.4 is 0 Å². The van der Waals surface area contributed by atoms with Crippen molar-refractivity contribution in [3.05, 3.63) is 0 Å². The Morgan fingerprint density at radius 2 is 0.507 bits per heavy atom. The second-order valence-corrected chi connectivity index (χ2v) is 22.2. The summed E-state index contributed by atoms with van der Waals surface area (Å²) in [7, 11) is 0. The molecule has 0 amide bonds. The number of hydrogen-bond acceptors (Lipinski definition) is 6. The van der Waals surface area contributed by atoms with Gasteiger partial charge in [0, 0.05) is 19.3 Å². The van der Waals surface area contributed by atoms with Crippen LogP contribution in [0.15, 0.2) is 0 Å². The maximum absolute atomic E-state index is 12.8. The van der Waals surface area contributed by atoms with E-state index in [1.54, 1.807) is 0 Å². The van der Waals surface area contributed by atoms with Gasteiger partial charge in [-0.3, -0.25) is 14.4 Å². The normalized spacial score (nSPS) is 12.8. The van der Waals surface area contributed by atoms with Crippen molar-refractivity contribution in [1.29, 1.82) is 0 Å². The van der Waals surface area contributed by atoms with Gasteiger partial charge in [-0.1, -0.05) is 317 Å². The molecule has 0 rings (SSSR count). The first-order valence-corrected chi connectivity index (χ1v) is 31.3. The average Bonchev–Trinajstić information content (AvgIpc) is 3.35. The molecule has 0 aromatic carbocycles. The van der Waals surface area contributed by atoms with Crippen LogP contribution in [0, 0.1) is 11.8 Å². The van der Waals surface area contributed by atoms with Crippen LogP contribution in [-0.2, 0) is 28.6 Å². The van der Waals surface area contributed by atoms with Gasteiger partial charge in [-0.15, -0.1) is 0 Å². The topological polar surface area (TPSA) is 78.9 Å². The summed E-state index contributed by atoms with van der Waals surface area (Å²) in [5.74, 6) is 0.977. The van der Waals surface area contributed by atoms with Crippen LogP contribution in [-0.4, -0.2) is 37.2 Å². The van der Waals surface area contributed by atoms with E-state index >= 15 is 0 Å². The Balaban J connectivity index is 4.08. The van der Waals surface area contributed by atoms with E-state index in [0.29, 0.717) is 19.3 Å². The van der Waals surface area contributed by atoms with Gasteiger partial charge in [0.15, 0.2) is 6.10 Å². The van der Waals surface area contributed by atoms with Gasteiger partial charge in [0.05, 0.1) is 0 Å². The summed E-state index contributed by atoms with van der Waals surface area (Å²) in [4.78, 5) is 38.0. The Hall–Kier alpha value is -1.59. The highest BCUT2D eigenvalue weighted by atomic mass is 16.6. The minimum Gasteiger partial charge on any atom is -0.462 e. The van der Waals surface area contributed by atoms with Crippen molar-refractivity contribution in [1.82, 2.24) is 0 Å². The molecule has 410 valence electrons. The highest BCUT2D eigenvalue weighted by molar-refractivity contribution is 5.71. The van der Waals surface area contributed by atoms with Gasteiger partial charge >= 0.3 is 17.9 Å².